The van der Waals surface area contributed by atoms with Crippen LogP contribution in [0.1, 0.15) is 11.6 Å². The summed E-state index contributed by atoms with van der Waals surface area (Å²) in [7, 11) is 1.70. The average Bonchev–Trinajstić information content (AvgIpc) is 2.68. The van der Waals surface area contributed by atoms with Gasteiger partial charge in [-0.25, -0.2) is 0 Å². The van der Waals surface area contributed by atoms with Crippen molar-refractivity contribution in [2.45, 2.75) is 6.04 Å². The zero-order valence-corrected chi connectivity index (χ0v) is 15.8. The molecule has 2 aromatic rings. The van der Waals surface area contributed by atoms with Gasteiger partial charge in [-0.2, -0.15) is 0 Å². The molecule has 1 N–H and O–H groups in total. The Morgan fingerprint density at radius 3 is 2.85 bits per heavy atom. The lowest BCUT2D eigenvalue weighted by Crippen LogP contribution is -2.51. The van der Waals surface area contributed by atoms with Gasteiger partial charge in [0.2, 0.25) is 5.91 Å². The number of nitrogens with zero attached hydrogens (tertiary/aromatic N) is 4. The van der Waals surface area contributed by atoms with Crippen molar-refractivity contribution in [3.05, 3.63) is 64.5 Å². The third kappa shape index (κ3) is 4.72. The average molecular weight is 392 g/mol. The van der Waals surface area contributed by atoms with E-state index in [1.807, 2.05) is 17.0 Å². The molecule has 0 radical (unpaired) electrons. The number of likely N-dealkylation sites (N-methyl/N-ethyl adjacent to an activating group) is 1. The third-order valence-corrected chi connectivity index (χ3v) is 4.50. The van der Waals surface area contributed by atoms with Gasteiger partial charge in [0.15, 0.2) is 0 Å². The van der Waals surface area contributed by atoms with Crippen molar-refractivity contribution < 1.29 is 9.72 Å². The van der Waals surface area contributed by atoms with E-state index in [4.69, 9.17) is 0 Å². The minimum atomic E-state index is -0.431. The highest BCUT2D eigenvalue weighted by molar-refractivity contribution is 5.85. The zero-order valence-electron chi connectivity index (χ0n) is 14.9. The molecule has 1 aliphatic rings. The van der Waals surface area contributed by atoms with E-state index in [2.05, 4.69) is 10.3 Å². The fourth-order valence-electron chi connectivity index (χ4n) is 3.19. The SMILES string of the molecule is CN(CC(=O)N1CCNCC1c1cccnc1)c1ccccc1[N+](=O)[O-].Cl. The Labute approximate surface area is 163 Å². The molecule has 27 heavy (non-hydrogen) atoms. The number of para-hydroxylation sites is 2. The number of hydrogen-bond acceptors (Lipinski definition) is 6. The molecule has 1 aromatic heterocycles. The number of hydrogen-bond donors (Lipinski definition) is 1. The van der Waals surface area contributed by atoms with Gasteiger partial charge in [-0.05, 0) is 17.7 Å². The number of piperazine rings is 1. The number of carbonyl (C=O) groups excluding carboxylic acids is 1. The molecule has 8 nitrogen and oxygen atoms in total. The van der Waals surface area contributed by atoms with Crippen LogP contribution in [0, 0.1) is 10.1 Å². The summed E-state index contributed by atoms with van der Waals surface area (Å²) in [5.41, 5.74) is 1.40. The molecule has 0 bridgehead atoms. The summed E-state index contributed by atoms with van der Waals surface area (Å²) in [6.07, 6.45) is 3.47. The van der Waals surface area contributed by atoms with Crippen LogP contribution in [0.5, 0.6) is 0 Å². The molecule has 1 amide bonds. The molecule has 1 unspecified atom stereocenters. The lowest BCUT2D eigenvalue weighted by atomic mass is 10.1. The Hall–Kier alpha value is -2.71. The monoisotopic (exact) mass is 391 g/mol. The van der Waals surface area contributed by atoms with Crippen LogP contribution in [0.2, 0.25) is 0 Å². The number of pyridine rings is 1. The Kier molecular flexibility index (Phi) is 7.09. The standard InChI is InChI=1S/C18H21N5O3.ClH/c1-21(15-6-2-3-7-16(15)23(25)26)13-18(24)22-10-9-20-12-17(22)14-5-4-8-19-11-14;/h2-8,11,17,20H,9-10,12-13H2,1H3;1H. The molecule has 0 saturated carbocycles. The Morgan fingerprint density at radius 1 is 1.37 bits per heavy atom. The molecule has 144 valence electrons. The molecule has 1 aliphatic heterocycles. The normalized spacial score (nSPS) is 16.3. The van der Waals surface area contributed by atoms with Gasteiger partial charge in [0.25, 0.3) is 5.69 Å². The second-order valence-corrected chi connectivity index (χ2v) is 6.20. The molecule has 1 atom stereocenters. The van der Waals surface area contributed by atoms with Crippen molar-refractivity contribution in [3.8, 4) is 0 Å². The molecule has 2 heterocycles. The Balaban J connectivity index is 0.00000261. The topological polar surface area (TPSA) is 91.6 Å². The van der Waals surface area contributed by atoms with E-state index in [1.165, 1.54) is 6.07 Å². The van der Waals surface area contributed by atoms with Gasteiger partial charge >= 0.3 is 0 Å². The lowest BCUT2D eigenvalue weighted by molar-refractivity contribution is -0.384. The molecule has 3 rings (SSSR count). The highest BCUT2D eigenvalue weighted by Gasteiger charge is 2.29. The fraction of sp³-hybridized carbons (Fsp3) is 0.333. The molecule has 0 aliphatic carbocycles. The summed E-state index contributed by atoms with van der Waals surface area (Å²) in [5.74, 6) is -0.0685. The summed E-state index contributed by atoms with van der Waals surface area (Å²) in [6.45, 7) is 2.04. The molecular weight excluding hydrogens is 370 g/mol. The number of halogens is 1. The van der Waals surface area contributed by atoms with E-state index in [9.17, 15) is 14.9 Å². The highest BCUT2D eigenvalue weighted by Crippen LogP contribution is 2.27. The maximum absolute atomic E-state index is 12.9. The maximum atomic E-state index is 12.9. The predicted octanol–water partition coefficient (Wildman–Crippen LogP) is 2.02. The summed E-state index contributed by atoms with van der Waals surface area (Å²) >= 11 is 0. The number of carbonyl (C=O) groups is 1. The third-order valence-electron chi connectivity index (χ3n) is 4.50. The van der Waals surface area contributed by atoms with Crippen molar-refractivity contribution in [1.29, 1.82) is 0 Å². The molecule has 1 saturated heterocycles. The second-order valence-electron chi connectivity index (χ2n) is 6.20. The van der Waals surface area contributed by atoms with Crippen LogP contribution in [0.25, 0.3) is 0 Å². The van der Waals surface area contributed by atoms with E-state index in [-0.39, 0.29) is 36.6 Å². The van der Waals surface area contributed by atoms with Crippen molar-refractivity contribution in [2.24, 2.45) is 0 Å². The molecule has 0 spiro atoms. The smallest absolute Gasteiger partial charge is 0.292 e. The number of anilines is 1. The molecular formula is C18H22ClN5O3. The van der Waals surface area contributed by atoms with Crippen LogP contribution in [-0.4, -0.2) is 53.9 Å². The van der Waals surface area contributed by atoms with Gasteiger partial charge in [-0.15, -0.1) is 12.4 Å². The minimum absolute atomic E-state index is 0. The quantitative estimate of drug-likeness (QED) is 0.619. The highest BCUT2D eigenvalue weighted by atomic mass is 35.5. The van der Waals surface area contributed by atoms with Crippen LogP contribution in [0.4, 0.5) is 11.4 Å². The summed E-state index contributed by atoms with van der Waals surface area (Å²) < 4.78 is 0. The first-order valence-corrected chi connectivity index (χ1v) is 8.42. The molecule has 1 fully saturated rings. The van der Waals surface area contributed by atoms with E-state index in [0.29, 0.717) is 18.8 Å². The van der Waals surface area contributed by atoms with Gasteiger partial charge in [0, 0.05) is 45.1 Å². The van der Waals surface area contributed by atoms with Crippen LogP contribution < -0.4 is 10.2 Å². The van der Waals surface area contributed by atoms with Crippen LogP contribution in [0.3, 0.4) is 0 Å². The first kappa shape index (κ1) is 20.6. The van der Waals surface area contributed by atoms with Crippen LogP contribution in [-0.2, 0) is 4.79 Å². The largest absolute Gasteiger partial charge is 0.360 e. The van der Waals surface area contributed by atoms with Crippen molar-refractivity contribution in [3.63, 3.8) is 0 Å². The Morgan fingerprint density at radius 2 is 2.15 bits per heavy atom. The minimum Gasteiger partial charge on any atom is -0.360 e. The van der Waals surface area contributed by atoms with Gasteiger partial charge in [-0.3, -0.25) is 19.9 Å². The number of nitrogens with one attached hydrogen (secondary N) is 1. The van der Waals surface area contributed by atoms with Gasteiger partial charge in [0.1, 0.15) is 5.69 Å². The van der Waals surface area contributed by atoms with Crippen LogP contribution in [0.15, 0.2) is 48.8 Å². The van der Waals surface area contributed by atoms with Crippen molar-refractivity contribution in [2.75, 3.05) is 38.1 Å². The fourth-order valence-corrected chi connectivity index (χ4v) is 3.19. The zero-order chi connectivity index (χ0) is 18.5. The van der Waals surface area contributed by atoms with E-state index in [0.717, 1.165) is 12.1 Å². The van der Waals surface area contributed by atoms with E-state index < -0.39 is 4.92 Å². The number of aromatic nitrogens is 1. The first-order chi connectivity index (χ1) is 12.6. The number of rotatable bonds is 5. The number of amides is 1. The maximum Gasteiger partial charge on any atom is 0.292 e. The van der Waals surface area contributed by atoms with Gasteiger partial charge < -0.3 is 15.1 Å². The number of nitro groups is 1. The summed E-state index contributed by atoms with van der Waals surface area (Å²) in [6, 6.07) is 10.2. The van der Waals surface area contributed by atoms with Crippen LogP contribution >= 0.6 is 12.4 Å². The number of benzene rings is 1. The first-order valence-electron chi connectivity index (χ1n) is 8.42. The van der Waals surface area contributed by atoms with E-state index in [1.54, 1.807) is 42.5 Å². The van der Waals surface area contributed by atoms with E-state index >= 15 is 0 Å². The Bertz CT molecular complexity index is 790. The summed E-state index contributed by atoms with van der Waals surface area (Å²) in [4.78, 5) is 31.3. The van der Waals surface area contributed by atoms with Gasteiger partial charge in [-0.1, -0.05) is 18.2 Å². The predicted molar refractivity (Wildman–Crippen MR) is 105 cm³/mol. The van der Waals surface area contributed by atoms with Gasteiger partial charge in [0.05, 0.1) is 17.5 Å². The lowest BCUT2D eigenvalue weighted by Gasteiger charge is -2.37. The number of nitro benzene ring substituents is 1. The van der Waals surface area contributed by atoms with Crippen molar-refractivity contribution >= 4 is 29.7 Å². The summed E-state index contributed by atoms with van der Waals surface area (Å²) in [5, 5.41) is 14.5. The molecule has 1 aromatic carbocycles. The second kappa shape index (κ2) is 9.29. The molecule has 9 heteroatoms. The van der Waals surface area contributed by atoms with Crippen molar-refractivity contribution in [1.82, 2.24) is 15.2 Å².